The average molecular weight is 254 g/mol. The molecule has 4 heteroatoms. The molecular weight excluding hydrogens is 233 g/mol. The van der Waals surface area contributed by atoms with Crippen LogP contribution in [0.1, 0.15) is 33.1 Å². The van der Waals surface area contributed by atoms with Gasteiger partial charge < -0.3 is 10.1 Å². The molecular formula is C11H21Cl2NO. The maximum absolute atomic E-state index is 5.95. The molecule has 1 N–H and O–H groups in total. The Balaban J connectivity index is 2.33. The number of ether oxygens (including phenoxy) is 1. The Morgan fingerprint density at radius 3 is 2.40 bits per heavy atom. The molecule has 0 bridgehead atoms. The van der Waals surface area contributed by atoms with Crippen molar-refractivity contribution in [2.24, 2.45) is 0 Å². The number of halogens is 2. The molecule has 1 saturated heterocycles. The van der Waals surface area contributed by atoms with Crippen LogP contribution in [0.4, 0.5) is 0 Å². The molecule has 0 radical (unpaired) electrons. The summed E-state index contributed by atoms with van der Waals surface area (Å²) >= 11 is 11.9. The zero-order valence-electron chi connectivity index (χ0n) is 9.56. The van der Waals surface area contributed by atoms with Crippen molar-refractivity contribution < 1.29 is 4.74 Å². The average Bonchev–Trinajstić information content (AvgIpc) is 2.67. The highest BCUT2D eigenvalue weighted by Gasteiger charge is 2.28. The SMILES string of the molecule is CCC(CCl)(CCl)NCC1CCC(C)O1. The standard InChI is InChI=1S/C11H21Cl2NO/c1-3-11(7-12,8-13)14-6-10-5-4-9(2)15-10/h9-10,14H,3-8H2,1-2H3. The summed E-state index contributed by atoms with van der Waals surface area (Å²) in [6.07, 6.45) is 3.98. The Bertz CT molecular complexity index is 177. The third kappa shape index (κ3) is 3.77. The van der Waals surface area contributed by atoms with Gasteiger partial charge in [-0.1, -0.05) is 6.92 Å². The predicted molar refractivity (Wildman–Crippen MR) is 66.0 cm³/mol. The largest absolute Gasteiger partial charge is 0.374 e. The van der Waals surface area contributed by atoms with E-state index in [1.807, 2.05) is 0 Å². The normalized spacial score (nSPS) is 27.2. The van der Waals surface area contributed by atoms with Gasteiger partial charge in [0, 0.05) is 23.8 Å². The molecule has 0 aromatic rings. The van der Waals surface area contributed by atoms with Crippen molar-refractivity contribution in [3.05, 3.63) is 0 Å². The van der Waals surface area contributed by atoms with E-state index in [-0.39, 0.29) is 5.54 Å². The van der Waals surface area contributed by atoms with E-state index in [2.05, 4.69) is 19.2 Å². The Morgan fingerprint density at radius 1 is 1.33 bits per heavy atom. The van der Waals surface area contributed by atoms with E-state index in [9.17, 15) is 0 Å². The van der Waals surface area contributed by atoms with Gasteiger partial charge in [0.1, 0.15) is 0 Å². The first-order valence-corrected chi connectivity index (χ1v) is 6.75. The minimum Gasteiger partial charge on any atom is -0.374 e. The van der Waals surface area contributed by atoms with E-state index >= 15 is 0 Å². The molecule has 0 aromatic heterocycles. The van der Waals surface area contributed by atoms with E-state index in [4.69, 9.17) is 27.9 Å². The van der Waals surface area contributed by atoms with Gasteiger partial charge >= 0.3 is 0 Å². The molecule has 1 rings (SSSR count). The molecule has 15 heavy (non-hydrogen) atoms. The molecule has 1 aliphatic heterocycles. The highest BCUT2D eigenvalue weighted by Crippen LogP contribution is 2.20. The van der Waals surface area contributed by atoms with Crippen LogP contribution in [-0.4, -0.2) is 36.1 Å². The van der Waals surface area contributed by atoms with E-state index in [0.29, 0.717) is 24.0 Å². The zero-order chi connectivity index (χ0) is 11.3. The molecule has 2 atom stereocenters. The molecule has 2 unspecified atom stereocenters. The molecule has 0 amide bonds. The predicted octanol–water partition coefficient (Wildman–Crippen LogP) is 2.77. The highest BCUT2D eigenvalue weighted by molar-refractivity contribution is 6.22. The molecule has 0 aromatic carbocycles. The first-order chi connectivity index (χ1) is 7.15. The molecule has 1 heterocycles. The van der Waals surface area contributed by atoms with Gasteiger partial charge in [-0.05, 0) is 26.2 Å². The number of hydrogen-bond donors (Lipinski definition) is 1. The second-order valence-corrected chi connectivity index (χ2v) is 4.96. The summed E-state index contributed by atoms with van der Waals surface area (Å²) in [6, 6.07) is 0. The lowest BCUT2D eigenvalue weighted by atomic mass is 10.0. The second-order valence-electron chi connectivity index (χ2n) is 4.43. The Labute approximate surface area is 103 Å². The maximum atomic E-state index is 5.95. The van der Waals surface area contributed by atoms with Crippen LogP contribution in [0, 0.1) is 0 Å². The fraction of sp³-hybridized carbons (Fsp3) is 1.00. The van der Waals surface area contributed by atoms with Crippen molar-refractivity contribution in [1.29, 1.82) is 0 Å². The van der Waals surface area contributed by atoms with Gasteiger partial charge in [-0.2, -0.15) is 0 Å². The van der Waals surface area contributed by atoms with Gasteiger partial charge in [0.25, 0.3) is 0 Å². The van der Waals surface area contributed by atoms with Crippen molar-refractivity contribution in [2.75, 3.05) is 18.3 Å². The van der Waals surface area contributed by atoms with Gasteiger partial charge in [0.15, 0.2) is 0 Å². The van der Waals surface area contributed by atoms with Crippen LogP contribution >= 0.6 is 23.2 Å². The summed E-state index contributed by atoms with van der Waals surface area (Å²) in [4.78, 5) is 0. The number of hydrogen-bond acceptors (Lipinski definition) is 2. The van der Waals surface area contributed by atoms with Crippen LogP contribution in [0.5, 0.6) is 0 Å². The van der Waals surface area contributed by atoms with Crippen molar-refractivity contribution in [2.45, 2.75) is 50.9 Å². The van der Waals surface area contributed by atoms with Crippen LogP contribution in [0.2, 0.25) is 0 Å². The zero-order valence-corrected chi connectivity index (χ0v) is 11.1. The number of rotatable bonds is 6. The fourth-order valence-corrected chi connectivity index (χ4v) is 2.66. The van der Waals surface area contributed by atoms with Crippen LogP contribution in [-0.2, 0) is 4.74 Å². The molecule has 1 fully saturated rings. The monoisotopic (exact) mass is 253 g/mol. The minimum atomic E-state index is -0.127. The van der Waals surface area contributed by atoms with E-state index in [1.165, 1.54) is 0 Å². The van der Waals surface area contributed by atoms with Crippen LogP contribution < -0.4 is 5.32 Å². The summed E-state index contributed by atoms with van der Waals surface area (Å²) in [5.74, 6) is 1.10. The third-order valence-electron chi connectivity index (χ3n) is 3.21. The van der Waals surface area contributed by atoms with Gasteiger partial charge in [-0.3, -0.25) is 0 Å². The maximum Gasteiger partial charge on any atom is 0.0704 e. The van der Waals surface area contributed by atoms with Crippen LogP contribution in [0.15, 0.2) is 0 Å². The quantitative estimate of drug-likeness (QED) is 0.736. The number of alkyl halides is 2. The first-order valence-electron chi connectivity index (χ1n) is 5.68. The molecule has 0 saturated carbocycles. The summed E-state index contributed by atoms with van der Waals surface area (Å²) in [5.41, 5.74) is -0.127. The summed E-state index contributed by atoms with van der Waals surface area (Å²) in [7, 11) is 0. The lowest BCUT2D eigenvalue weighted by molar-refractivity contribution is 0.0518. The third-order valence-corrected chi connectivity index (χ3v) is 4.24. The Morgan fingerprint density at radius 2 is 2.00 bits per heavy atom. The Kier molecular flexibility index (Phi) is 5.69. The summed E-state index contributed by atoms with van der Waals surface area (Å²) in [6.45, 7) is 5.09. The molecule has 90 valence electrons. The molecule has 2 nitrogen and oxygen atoms in total. The van der Waals surface area contributed by atoms with E-state index < -0.39 is 0 Å². The van der Waals surface area contributed by atoms with E-state index in [0.717, 1.165) is 25.8 Å². The molecule has 0 spiro atoms. The van der Waals surface area contributed by atoms with E-state index in [1.54, 1.807) is 0 Å². The van der Waals surface area contributed by atoms with Crippen molar-refractivity contribution in [3.63, 3.8) is 0 Å². The first kappa shape index (κ1) is 13.6. The molecule has 0 aliphatic carbocycles. The van der Waals surface area contributed by atoms with Gasteiger partial charge in [0.2, 0.25) is 0 Å². The smallest absolute Gasteiger partial charge is 0.0704 e. The number of nitrogens with one attached hydrogen (secondary N) is 1. The summed E-state index contributed by atoms with van der Waals surface area (Å²) < 4.78 is 5.74. The van der Waals surface area contributed by atoms with Crippen molar-refractivity contribution >= 4 is 23.2 Å². The van der Waals surface area contributed by atoms with Crippen molar-refractivity contribution in [1.82, 2.24) is 5.32 Å². The second kappa shape index (κ2) is 6.29. The van der Waals surface area contributed by atoms with Gasteiger partial charge in [0.05, 0.1) is 12.2 Å². The van der Waals surface area contributed by atoms with Crippen LogP contribution in [0.3, 0.4) is 0 Å². The van der Waals surface area contributed by atoms with Gasteiger partial charge in [-0.15, -0.1) is 23.2 Å². The fourth-order valence-electron chi connectivity index (χ4n) is 1.81. The topological polar surface area (TPSA) is 21.3 Å². The summed E-state index contributed by atoms with van der Waals surface area (Å²) in [5, 5.41) is 3.46. The Hall–Kier alpha value is 0.500. The highest BCUT2D eigenvalue weighted by atomic mass is 35.5. The van der Waals surface area contributed by atoms with Crippen molar-refractivity contribution in [3.8, 4) is 0 Å². The van der Waals surface area contributed by atoms with Crippen LogP contribution in [0.25, 0.3) is 0 Å². The minimum absolute atomic E-state index is 0.127. The lowest BCUT2D eigenvalue weighted by Crippen LogP contribution is -2.51. The lowest BCUT2D eigenvalue weighted by Gasteiger charge is -2.31. The van der Waals surface area contributed by atoms with Gasteiger partial charge in [-0.25, -0.2) is 0 Å². The molecule has 1 aliphatic rings.